The van der Waals surface area contributed by atoms with Crippen LogP contribution in [0.25, 0.3) is 0 Å². The molecule has 0 bridgehead atoms. The summed E-state index contributed by atoms with van der Waals surface area (Å²) in [7, 11) is 0. The van der Waals surface area contributed by atoms with Crippen LogP contribution in [0.5, 0.6) is 0 Å². The molecule has 0 aromatic heterocycles. The second-order valence-electron chi connectivity index (χ2n) is 1.89. The predicted molar refractivity (Wildman–Crippen MR) is 49.9 cm³/mol. The molecule has 0 saturated carbocycles. The standard InChI is InChI=1S/C4H9.CHBr2.Sn.2H/c1-3-4-2;2-1-3;;;/h1,3-4H2,2H3;1H;;;. The van der Waals surface area contributed by atoms with Crippen molar-refractivity contribution in [1.29, 1.82) is 0 Å². The maximum absolute atomic E-state index is 3.51. The van der Waals surface area contributed by atoms with Gasteiger partial charge < -0.3 is 0 Å². The van der Waals surface area contributed by atoms with E-state index in [-0.39, 0.29) is 21.1 Å². The Morgan fingerprint density at radius 1 is 1.50 bits per heavy atom. The molecule has 0 radical (unpaired) electrons. The summed E-state index contributed by atoms with van der Waals surface area (Å²) in [6.07, 6.45) is 2.81. The molecule has 0 saturated heterocycles. The molecule has 8 heavy (non-hydrogen) atoms. The molecule has 0 heterocycles. The average molecular weight is 351 g/mol. The summed E-state index contributed by atoms with van der Waals surface area (Å²) in [5.41, 5.74) is 0. The zero-order valence-electron chi connectivity index (χ0n) is 5.16. The van der Waals surface area contributed by atoms with Crippen molar-refractivity contribution in [3.63, 3.8) is 0 Å². The number of rotatable bonds is 4. The van der Waals surface area contributed by atoms with E-state index in [1.165, 1.54) is 12.8 Å². The van der Waals surface area contributed by atoms with Gasteiger partial charge in [0.2, 0.25) is 0 Å². The number of alkyl halides is 2. The molecule has 3 heteroatoms. The van der Waals surface area contributed by atoms with Crippen molar-refractivity contribution in [2.24, 2.45) is 0 Å². The predicted octanol–water partition coefficient (Wildman–Crippen LogP) is 2.45. The first-order valence-corrected chi connectivity index (χ1v) is 10.1. The first kappa shape index (κ1) is 9.76. The maximum atomic E-state index is 3.51. The van der Waals surface area contributed by atoms with Gasteiger partial charge >= 0.3 is 79.0 Å². The molecule has 0 amide bonds. The van der Waals surface area contributed by atoms with Crippen molar-refractivity contribution < 1.29 is 0 Å². The Hall–Kier alpha value is 1.76. The van der Waals surface area contributed by atoms with Gasteiger partial charge in [-0.2, -0.15) is 0 Å². The van der Waals surface area contributed by atoms with Gasteiger partial charge in [0.15, 0.2) is 0 Å². The second kappa shape index (κ2) is 6.87. The fourth-order valence-electron chi connectivity index (χ4n) is 0.549. The molecule has 0 aromatic rings. The van der Waals surface area contributed by atoms with E-state index in [1.807, 2.05) is 0 Å². The molecule has 0 nitrogen and oxygen atoms in total. The molecule has 50 valence electrons. The zero-order valence-corrected chi connectivity index (χ0v) is 12.4. The third-order valence-corrected chi connectivity index (χ3v) is 11.0. The van der Waals surface area contributed by atoms with Gasteiger partial charge in [0, 0.05) is 0 Å². The van der Waals surface area contributed by atoms with E-state index in [0.717, 1.165) is 1.75 Å². The van der Waals surface area contributed by atoms with Gasteiger partial charge in [0.1, 0.15) is 0 Å². The van der Waals surface area contributed by atoms with Gasteiger partial charge in [0.25, 0.3) is 0 Å². The van der Waals surface area contributed by atoms with Gasteiger partial charge in [-0.3, -0.25) is 0 Å². The first-order valence-electron chi connectivity index (χ1n) is 3.05. The van der Waals surface area contributed by atoms with Crippen LogP contribution in [0.4, 0.5) is 0 Å². The Bertz CT molecular complexity index is 47.7. The third kappa shape index (κ3) is 7.76. The van der Waals surface area contributed by atoms with E-state index in [0.29, 0.717) is 0 Å². The Morgan fingerprint density at radius 3 is 2.50 bits per heavy atom. The van der Waals surface area contributed by atoms with Crippen LogP contribution in [0.1, 0.15) is 19.8 Å². The molecular weight excluding hydrogens is 339 g/mol. The number of hydrogen-bond donors (Lipinski definition) is 0. The SMILES string of the molecule is CCC[CH2][SnH2][CH](Br)Br. The van der Waals surface area contributed by atoms with Crippen LogP contribution in [-0.4, -0.2) is 22.9 Å². The van der Waals surface area contributed by atoms with E-state index in [1.54, 1.807) is 4.44 Å². The van der Waals surface area contributed by atoms with Crippen molar-refractivity contribution in [2.75, 3.05) is 0 Å². The van der Waals surface area contributed by atoms with Crippen molar-refractivity contribution in [3.05, 3.63) is 0 Å². The third-order valence-electron chi connectivity index (χ3n) is 1.03. The van der Waals surface area contributed by atoms with E-state index in [9.17, 15) is 0 Å². The number of halogens is 2. The Morgan fingerprint density at radius 2 is 2.12 bits per heavy atom. The second-order valence-corrected chi connectivity index (χ2v) is 18.1. The molecule has 0 N–H and O–H groups in total. The van der Waals surface area contributed by atoms with Gasteiger partial charge in [-0.15, -0.1) is 0 Å². The van der Waals surface area contributed by atoms with Crippen LogP contribution in [-0.2, 0) is 0 Å². The topological polar surface area (TPSA) is 0 Å². The molecule has 0 aliphatic rings. The van der Waals surface area contributed by atoms with E-state index < -0.39 is 0 Å². The fourth-order valence-corrected chi connectivity index (χ4v) is 8.02. The number of unbranched alkanes of at least 4 members (excludes halogenated alkanes) is 1. The molecule has 0 atom stereocenters. The summed E-state index contributed by atoms with van der Waals surface area (Å²) < 4.78 is 2.28. The van der Waals surface area contributed by atoms with Gasteiger partial charge in [-0.1, -0.05) is 0 Å². The van der Waals surface area contributed by atoms with Crippen molar-refractivity contribution in [2.45, 2.75) is 26.0 Å². The van der Waals surface area contributed by atoms with Crippen LogP contribution >= 0.6 is 31.9 Å². The minimum absolute atomic E-state index is 0.382. The van der Waals surface area contributed by atoms with Crippen molar-refractivity contribution in [3.8, 4) is 0 Å². The molecule has 0 spiro atoms. The van der Waals surface area contributed by atoms with Crippen LogP contribution in [0.15, 0.2) is 0 Å². The molecule has 0 aromatic carbocycles. The number of hydrogen-bond acceptors (Lipinski definition) is 0. The summed E-state index contributed by atoms with van der Waals surface area (Å²) in [6.45, 7) is 2.25. The van der Waals surface area contributed by atoms with Gasteiger partial charge in [0.05, 0.1) is 0 Å². The van der Waals surface area contributed by atoms with Crippen molar-refractivity contribution in [1.82, 2.24) is 0 Å². The Balaban J connectivity index is 2.72. The van der Waals surface area contributed by atoms with E-state index in [4.69, 9.17) is 0 Å². The first-order chi connectivity index (χ1) is 3.77. The molecule has 0 unspecified atom stereocenters. The van der Waals surface area contributed by atoms with Crippen LogP contribution < -0.4 is 0 Å². The molecule has 0 rings (SSSR count). The molecular formula is C5H12Br2Sn. The average Bonchev–Trinajstić information content (AvgIpc) is 1.66. The van der Waals surface area contributed by atoms with Crippen LogP contribution in [0, 0.1) is 0 Å². The summed E-state index contributed by atoms with van der Waals surface area (Å²) >= 11 is 6.65. The Kier molecular flexibility index (Phi) is 8.38. The quantitative estimate of drug-likeness (QED) is 0.415. The van der Waals surface area contributed by atoms with E-state index >= 15 is 0 Å². The van der Waals surface area contributed by atoms with Crippen LogP contribution in [0.3, 0.4) is 0 Å². The normalized spacial score (nSPS) is 12.0. The van der Waals surface area contributed by atoms with E-state index in [2.05, 4.69) is 38.8 Å². The monoisotopic (exact) mass is 350 g/mol. The Labute approximate surface area is 78.3 Å². The summed E-state index contributed by atoms with van der Waals surface area (Å²) in [5, 5.41) is 0. The molecule has 0 aliphatic heterocycles. The van der Waals surface area contributed by atoms with Crippen LogP contribution in [0.2, 0.25) is 4.44 Å². The van der Waals surface area contributed by atoms with Gasteiger partial charge in [-0.25, -0.2) is 0 Å². The summed E-state index contributed by atoms with van der Waals surface area (Å²) in [4.78, 5) is 0. The molecule has 0 fully saturated rings. The summed E-state index contributed by atoms with van der Waals surface area (Å²) in [5.74, 6) is 0. The molecule has 0 aliphatic carbocycles. The fraction of sp³-hybridized carbons (Fsp3) is 1.00. The van der Waals surface area contributed by atoms with Crippen molar-refractivity contribution >= 4 is 53.0 Å². The summed E-state index contributed by atoms with van der Waals surface area (Å²) in [6, 6.07) is 0. The zero-order chi connectivity index (χ0) is 6.41. The van der Waals surface area contributed by atoms with Gasteiger partial charge in [-0.05, 0) is 0 Å². The minimum atomic E-state index is -0.382.